The van der Waals surface area contributed by atoms with Crippen molar-refractivity contribution in [3.05, 3.63) is 53.4 Å². The summed E-state index contributed by atoms with van der Waals surface area (Å²) < 4.78 is 21.2. The molecule has 0 saturated heterocycles. The molecule has 2 aromatic rings. The van der Waals surface area contributed by atoms with Gasteiger partial charge in [0.25, 0.3) is 0 Å². The minimum atomic E-state index is -1.63. The number of hydrogen-bond donors (Lipinski definition) is 0. The summed E-state index contributed by atoms with van der Waals surface area (Å²) in [6.45, 7) is 8.80. The summed E-state index contributed by atoms with van der Waals surface area (Å²) in [5, 5.41) is -1.44. The van der Waals surface area contributed by atoms with E-state index in [1.54, 1.807) is 0 Å². The van der Waals surface area contributed by atoms with Gasteiger partial charge < -0.3 is 18.9 Å². The maximum atomic E-state index is 13.1. The zero-order valence-electron chi connectivity index (χ0n) is 26.8. The predicted octanol–water partition coefficient (Wildman–Crippen LogP) is 10.6. The molecule has 0 amide bonds. The molecule has 2 aliphatic carbocycles. The van der Waals surface area contributed by atoms with Crippen molar-refractivity contribution in [1.82, 2.24) is 0 Å². The van der Waals surface area contributed by atoms with Crippen molar-refractivity contribution in [2.45, 2.75) is 66.2 Å². The smallest absolute Gasteiger partial charge is 0.423 e. The van der Waals surface area contributed by atoms with Crippen molar-refractivity contribution in [3.63, 3.8) is 0 Å². The second-order valence-electron chi connectivity index (χ2n) is 13.1. The third-order valence-electron chi connectivity index (χ3n) is 8.35. The second-order valence-corrected chi connectivity index (χ2v) is 15.5. The maximum Gasteiger partial charge on any atom is 0.423 e. The Labute approximate surface area is 309 Å². The van der Waals surface area contributed by atoms with Crippen LogP contribution in [0.2, 0.25) is 30.1 Å². The summed E-state index contributed by atoms with van der Waals surface area (Å²) >= 11 is 37.4. The molecule has 2 fully saturated rings. The van der Waals surface area contributed by atoms with E-state index in [0.29, 0.717) is 48.3 Å². The lowest BCUT2D eigenvalue weighted by atomic mass is 10.1. The van der Waals surface area contributed by atoms with Gasteiger partial charge in [-0.25, -0.2) is 19.2 Å². The van der Waals surface area contributed by atoms with E-state index in [4.69, 9.17) is 88.6 Å². The summed E-state index contributed by atoms with van der Waals surface area (Å²) in [5.41, 5.74) is -0.902. The number of rotatable bonds is 14. The SMILES string of the molecule is CC(C)CC1CC1CCOC(=O)c1c(Cl)c(Cl)cc(Cl)c1OC(=O)C(=O)Oc1c(Cl)cc(Cl)c(Cl)c1C(=O)OCCC1CC1CC(C)C. The molecule has 0 aromatic heterocycles. The van der Waals surface area contributed by atoms with E-state index < -0.39 is 46.5 Å². The van der Waals surface area contributed by atoms with Gasteiger partial charge in [-0.15, -0.1) is 0 Å². The molecule has 0 N–H and O–H groups in total. The molecule has 0 radical (unpaired) electrons. The first kappa shape index (κ1) is 38.9. The van der Waals surface area contributed by atoms with Crippen molar-refractivity contribution in [2.24, 2.45) is 35.5 Å². The van der Waals surface area contributed by atoms with E-state index in [-0.39, 0.29) is 43.3 Å². The van der Waals surface area contributed by atoms with E-state index in [9.17, 15) is 19.2 Å². The van der Waals surface area contributed by atoms with Crippen LogP contribution in [0.5, 0.6) is 11.5 Å². The van der Waals surface area contributed by atoms with Crippen molar-refractivity contribution >= 4 is 93.5 Å². The maximum absolute atomic E-state index is 13.1. The first-order valence-electron chi connectivity index (χ1n) is 15.7. The van der Waals surface area contributed by atoms with Gasteiger partial charge in [0.1, 0.15) is 11.1 Å². The summed E-state index contributed by atoms with van der Waals surface area (Å²) in [4.78, 5) is 52.2. The normalized spacial score (nSPS) is 19.7. The number of halogens is 6. The first-order valence-corrected chi connectivity index (χ1v) is 18.0. The lowest BCUT2D eigenvalue weighted by Crippen LogP contribution is -2.27. The van der Waals surface area contributed by atoms with Crippen molar-refractivity contribution < 1.29 is 38.1 Å². The van der Waals surface area contributed by atoms with Gasteiger partial charge in [0.15, 0.2) is 11.5 Å². The number of hydrogen-bond acceptors (Lipinski definition) is 8. The molecule has 0 bridgehead atoms. The van der Waals surface area contributed by atoms with Gasteiger partial charge in [0.05, 0.1) is 43.3 Å². The zero-order valence-corrected chi connectivity index (χ0v) is 31.3. The van der Waals surface area contributed by atoms with Gasteiger partial charge in [0.2, 0.25) is 0 Å². The Kier molecular flexibility index (Phi) is 13.6. The van der Waals surface area contributed by atoms with Gasteiger partial charge in [-0.2, -0.15) is 0 Å². The first-order chi connectivity index (χ1) is 22.6. The van der Waals surface area contributed by atoms with E-state index in [2.05, 4.69) is 27.7 Å². The van der Waals surface area contributed by atoms with E-state index in [1.807, 2.05) is 0 Å². The Morgan fingerprint density at radius 3 is 1.29 bits per heavy atom. The highest BCUT2D eigenvalue weighted by Gasteiger charge is 2.38. The third-order valence-corrected chi connectivity index (χ3v) is 10.5. The molecule has 0 heterocycles. The van der Waals surface area contributed by atoms with Crippen LogP contribution < -0.4 is 9.47 Å². The van der Waals surface area contributed by atoms with Crippen LogP contribution in [0.25, 0.3) is 0 Å². The Hall–Kier alpha value is -1.94. The lowest BCUT2D eigenvalue weighted by molar-refractivity contribution is -0.156. The second kappa shape index (κ2) is 16.8. The van der Waals surface area contributed by atoms with Gasteiger partial charge in [-0.3, -0.25) is 0 Å². The molecule has 4 unspecified atom stereocenters. The molecule has 0 aliphatic heterocycles. The molecule has 4 rings (SSSR count). The van der Waals surface area contributed by atoms with Crippen LogP contribution in [-0.4, -0.2) is 37.1 Å². The van der Waals surface area contributed by atoms with Crippen LogP contribution in [0.3, 0.4) is 0 Å². The molecule has 2 aliphatic rings. The number of carbonyl (C=O) groups is 4. The van der Waals surface area contributed by atoms with Crippen LogP contribution in [0.15, 0.2) is 12.1 Å². The molecule has 8 nitrogen and oxygen atoms in total. The monoisotopic (exact) mass is 782 g/mol. The van der Waals surface area contributed by atoms with Crippen molar-refractivity contribution in [1.29, 1.82) is 0 Å². The zero-order chi connectivity index (χ0) is 35.4. The number of esters is 4. The minimum absolute atomic E-state index is 0.0852. The molecular formula is C34H36Cl6O8. The van der Waals surface area contributed by atoms with Crippen molar-refractivity contribution in [3.8, 4) is 11.5 Å². The number of carbonyl (C=O) groups excluding carboxylic acids is 4. The fraction of sp³-hybridized carbons (Fsp3) is 0.529. The molecule has 0 spiro atoms. The third kappa shape index (κ3) is 10.1. The summed E-state index contributed by atoms with van der Waals surface area (Å²) in [5.74, 6) is -3.10. The van der Waals surface area contributed by atoms with Crippen LogP contribution in [0.1, 0.15) is 86.9 Å². The summed E-state index contributed by atoms with van der Waals surface area (Å²) in [6, 6.07) is 2.26. The summed E-state index contributed by atoms with van der Waals surface area (Å²) in [7, 11) is 0. The number of benzene rings is 2. The minimum Gasteiger partial charge on any atom is -0.462 e. The van der Waals surface area contributed by atoms with Crippen molar-refractivity contribution in [2.75, 3.05) is 13.2 Å². The molecule has 48 heavy (non-hydrogen) atoms. The van der Waals surface area contributed by atoms with Crippen LogP contribution in [-0.2, 0) is 19.1 Å². The highest BCUT2D eigenvalue weighted by Crippen LogP contribution is 2.47. The van der Waals surface area contributed by atoms with E-state index in [1.165, 1.54) is 0 Å². The quantitative estimate of drug-likeness (QED) is 0.0807. The molecule has 2 saturated carbocycles. The molecule has 2 aromatic carbocycles. The molecule has 14 heteroatoms. The fourth-order valence-corrected chi connectivity index (χ4v) is 7.29. The van der Waals surface area contributed by atoms with Gasteiger partial charge in [-0.1, -0.05) is 97.3 Å². The van der Waals surface area contributed by atoms with Crippen LogP contribution in [0.4, 0.5) is 0 Å². The lowest BCUT2D eigenvalue weighted by Gasteiger charge is -2.15. The van der Waals surface area contributed by atoms with Crippen LogP contribution >= 0.6 is 69.6 Å². The van der Waals surface area contributed by atoms with Gasteiger partial charge >= 0.3 is 23.9 Å². The molecule has 4 atom stereocenters. The van der Waals surface area contributed by atoms with Crippen LogP contribution in [0, 0.1) is 35.5 Å². The topological polar surface area (TPSA) is 105 Å². The number of ether oxygens (including phenoxy) is 4. The standard InChI is InChI=1S/C34H36Cl6O8/c1-15(2)9-19-11-17(19)5-7-45-31(41)25-27(39)21(35)13-23(37)29(25)47-33(43)34(44)48-30-24(38)14-22(36)28(40)26(30)32(42)46-8-6-18-12-20(18)10-16(3)4/h13-20H,5-12H2,1-4H3. The van der Waals surface area contributed by atoms with Gasteiger partial charge in [-0.05, 0) is 86.2 Å². The largest absolute Gasteiger partial charge is 0.462 e. The average Bonchev–Trinajstić information content (AvgIpc) is 3.91. The Balaban J connectivity index is 1.44. The Bertz CT molecular complexity index is 1460. The van der Waals surface area contributed by atoms with Gasteiger partial charge in [0, 0.05) is 0 Å². The van der Waals surface area contributed by atoms with E-state index >= 15 is 0 Å². The highest BCUT2D eigenvalue weighted by atomic mass is 35.5. The molecular weight excluding hydrogens is 749 g/mol. The Morgan fingerprint density at radius 1 is 0.604 bits per heavy atom. The fourth-order valence-electron chi connectivity index (χ4n) is 5.86. The highest BCUT2D eigenvalue weighted by molar-refractivity contribution is 6.47. The molecule has 262 valence electrons. The summed E-state index contributed by atoms with van der Waals surface area (Å²) in [6.07, 6.45) is 5.61. The Morgan fingerprint density at radius 2 is 0.958 bits per heavy atom. The van der Waals surface area contributed by atoms with E-state index in [0.717, 1.165) is 37.8 Å². The predicted molar refractivity (Wildman–Crippen MR) is 186 cm³/mol. The average molecular weight is 785 g/mol.